The summed E-state index contributed by atoms with van der Waals surface area (Å²) in [5.74, 6) is 0.871. The number of nitrogens with one attached hydrogen (secondary N) is 1. The predicted molar refractivity (Wildman–Crippen MR) is 80.3 cm³/mol. The van der Waals surface area contributed by atoms with Crippen molar-refractivity contribution >= 4 is 22.6 Å². The van der Waals surface area contributed by atoms with E-state index in [2.05, 4.69) is 17.3 Å². The third kappa shape index (κ3) is 2.56. The average Bonchev–Trinajstić information content (AvgIpc) is 2.85. The molecule has 1 aliphatic heterocycles. The zero-order chi connectivity index (χ0) is 14.1. The zero-order valence-electron chi connectivity index (χ0n) is 11.7. The molecule has 0 spiro atoms. The Kier molecular flexibility index (Phi) is 3.98. The van der Waals surface area contributed by atoms with Gasteiger partial charge in [-0.2, -0.15) is 0 Å². The SMILES string of the molecule is CNC(c1cc2cccc(Cl)c2o1)C1CN(C)CCO1. The van der Waals surface area contributed by atoms with E-state index < -0.39 is 0 Å². The fourth-order valence-corrected chi connectivity index (χ4v) is 2.95. The Bertz CT molecular complexity index is 599. The number of furan rings is 1. The highest BCUT2D eigenvalue weighted by atomic mass is 35.5. The molecule has 3 rings (SSSR count). The molecule has 1 aromatic carbocycles. The largest absolute Gasteiger partial charge is 0.458 e. The van der Waals surface area contributed by atoms with Crippen LogP contribution < -0.4 is 5.32 Å². The van der Waals surface area contributed by atoms with Gasteiger partial charge in [0.25, 0.3) is 0 Å². The minimum Gasteiger partial charge on any atom is -0.458 e. The molecule has 1 aromatic heterocycles. The highest BCUT2D eigenvalue weighted by Gasteiger charge is 2.29. The summed E-state index contributed by atoms with van der Waals surface area (Å²) < 4.78 is 11.8. The van der Waals surface area contributed by atoms with Crippen LogP contribution in [-0.4, -0.2) is 44.8 Å². The molecule has 1 fully saturated rings. The number of hydrogen-bond donors (Lipinski definition) is 1. The van der Waals surface area contributed by atoms with Crippen molar-refractivity contribution in [1.82, 2.24) is 10.2 Å². The quantitative estimate of drug-likeness (QED) is 0.944. The van der Waals surface area contributed by atoms with Gasteiger partial charge >= 0.3 is 0 Å². The molecule has 0 saturated carbocycles. The van der Waals surface area contributed by atoms with Gasteiger partial charge in [-0.25, -0.2) is 0 Å². The molecule has 20 heavy (non-hydrogen) atoms. The fraction of sp³-hybridized carbons (Fsp3) is 0.467. The van der Waals surface area contributed by atoms with E-state index in [4.69, 9.17) is 20.8 Å². The van der Waals surface area contributed by atoms with Gasteiger partial charge in [0, 0.05) is 18.5 Å². The summed E-state index contributed by atoms with van der Waals surface area (Å²) in [6.45, 7) is 2.61. The summed E-state index contributed by atoms with van der Waals surface area (Å²) in [5, 5.41) is 4.97. The molecule has 1 N–H and O–H groups in total. The number of fused-ring (bicyclic) bond motifs is 1. The van der Waals surface area contributed by atoms with Crippen LogP contribution in [0.4, 0.5) is 0 Å². The van der Waals surface area contributed by atoms with Crippen LogP contribution in [0.15, 0.2) is 28.7 Å². The van der Waals surface area contributed by atoms with E-state index in [9.17, 15) is 0 Å². The van der Waals surface area contributed by atoms with Gasteiger partial charge in [0.15, 0.2) is 5.58 Å². The van der Waals surface area contributed by atoms with E-state index in [1.807, 2.05) is 31.3 Å². The number of rotatable bonds is 3. The molecule has 1 saturated heterocycles. The van der Waals surface area contributed by atoms with E-state index >= 15 is 0 Å². The summed E-state index contributed by atoms with van der Waals surface area (Å²) in [4.78, 5) is 2.27. The molecule has 2 aromatic rings. The first-order valence-corrected chi connectivity index (χ1v) is 7.22. The van der Waals surface area contributed by atoms with Crippen molar-refractivity contribution in [3.8, 4) is 0 Å². The van der Waals surface area contributed by atoms with Crippen LogP contribution >= 0.6 is 11.6 Å². The van der Waals surface area contributed by atoms with E-state index in [1.54, 1.807) is 0 Å². The topological polar surface area (TPSA) is 37.6 Å². The lowest BCUT2D eigenvalue weighted by atomic mass is 10.1. The number of ether oxygens (including phenoxy) is 1. The Morgan fingerprint density at radius 2 is 2.30 bits per heavy atom. The number of nitrogens with zero attached hydrogens (tertiary/aromatic N) is 1. The first-order valence-electron chi connectivity index (χ1n) is 6.84. The summed E-state index contributed by atoms with van der Waals surface area (Å²) in [6, 6.07) is 7.86. The van der Waals surface area contributed by atoms with Crippen molar-refractivity contribution in [3.05, 3.63) is 35.0 Å². The van der Waals surface area contributed by atoms with Gasteiger partial charge in [-0.3, -0.25) is 0 Å². The molecule has 0 amide bonds. The van der Waals surface area contributed by atoms with E-state index in [1.165, 1.54) is 0 Å². The van der Waals surface area contributed by atoms with Crippen LogP contribution in [0.1, 0.15) is 11.8 Å². The first-order chi connectivity index (χ1) is 9.69. The number of hydrogen-bond acceptors (Lipinski definition) is 4. The van der Waals surface area contributed by atoms with Crippen LogP contribution in [0, 0.1) is 0 Å². The van der Waals surface area contributed by atoms with Gasteiger partial charge in [0.05, 0.1) is 23.8 Å². The van der Waals surface area contributed by atoms with Gasteiger partial charge in [0.1, 0.15) is 5.76 Å². The molecule has 2 heterocycles. The maximum absolute atomic E-state index is 6.17. The third-order valence-corrected chi connectivity index (χ3v) is 4.10. The molecule has 1 aliphatic rings. The predicted octanol–water partition coefficient (Wildman–Crippen LogP) is 2.68. The van der Waals surface area contributed by atoms with E-state index in [0.29, 0.717) is 5.02 Å². The number of morpholine rings is 1. The normalized spacial score (nSPS) is 22.2. The van der Waals surface area contributed by atoms with E-state index in [-0.39, 0.29) is 12.1 Å². The monoisotopic (exact) mass is 294 g/mol. The third-order valence-electron chi connectivity index (χ3n) is 3.80. The van der Waals surface area contributed by atoms with E-state index in [0.717, 1.165) is 36.4 Å². The summed E-state index contributed by atoms with van der Waals surface area (Å²) in [6.07, 6.45) is 0.0816. The van der Waals surface area contributed by atoms with Crippen LogP contribution in [0.5, 0.6) is 0 Å². The van der Waals surface area contributed by atoms with Gasteiger partial charge in [0.2, 0.25) is 0 Å². The maximum atomic E-state index is 6.17. The standard InChI is InChI=1S/C15H19ClN2O2/c1-17-14(13-9-18(2)6-7-19-13)12-8-10-4-3-5-11(16)15(10)20-12/h3-5,8,13-14,17H,6-7,9H2,1-2H3. The molecule has 5 heteroatoms. The minimum absolute atomic E-state index is 0.0289. The lowest BCUT2D eigenvalue weighted by Gasteiger charge is -2.34. The van der Waals surface area contributed by atoms with Crippen molar-refractivity contribution in [2.24, 2.45) is 0 Å². The van der Waals surface area contributed by atoms with Gasteiger partial charge < -0.3 is 19.4 Å². The second kappa shape index (κ2) is 5.74. The Morgan fingerprint density at radius 3 is 3.00 bits per heavy atom. The molecule has 2 atom stereocenters. The van der Waals surface area contributed by atoms with Crippen LogP contribution in [0.25, 0.3) is 11.0 Å². The lowest BCUT2D eigenvalue weighted by molar-refractivity contribution is -0.0411. The smallest absolute Gasteiger partial charge is 0.152 e. The van der Waals surface area contributed by atoms with Crippen molar-refractivity contribution < 1.29 is 9.15 Å². The Labute approximate surface area is 123 Å². The molecular formula is C15H19ClN2O2. The first kappa shape index (κ1) is 13.9. The summed E-state index contributed by atoms with van der Waals surface area (Å²) in [5.41, 5.74) is 0.744. The molecule has 2 unspecified atom stereocenters. The van der Waals surface area contributed by atoms with Gasteiger partial charge in [-0.05, 0) is 26.2 Å². The van der Waals surface area contributed by atoms with Crippen molar-refractivity contribution in [3.63, 3.8) is 0 Å². The second-order valence-electron chi connectivity index (χ2n) is 5.24. The molecular weight excluding hydrogens is 276 g/mol. The van der Waals surface area contributed by atoms with Crippen molar-refractivity contribution in [2.45, 2.75) is 12.1 Å². The number of halogens is 1. The average molecular weight is 295 g/mol. The van der Waals surface area contributed by atoms with Crippen LogP contribution in [0.3, 0.4) is 0 Å². The maximum Gasteiger partial charge on any atom is 0.152 e. The summed E-state index contributed by atoms with van der Waals surface area (Å²) in [7, 11) is 4.04. The van der Waals surface area contributed by atoms with Crippen LogP contribution in [0.2, 0.25) is 5.02 Å². The Balaban J connectivity index is 1.92. The molecule has 4 nitrogen and oxygen atoms in total. The van der Waals surface area contributed by atoms with Gasteiger partial charge in [-0.15, -0.1) is 0 Å². The van der Waals surface area contributed by atoms with Gasteiger partial charge in [-0.1, -0.05) is 23.7 Å². The van der Waals surface area contributed by atoms with Crippen LogP contribution in [-0.2, 0) is 4.74 Å². The molecule has 0 aliphatic carbocycles. The Morgan fingerprint density at radius 1 is 1.45 bits per heavy atom. The molecule has 108 valence electrons. The lowest BCUT2D eigenvalue weighted by Crippen LogP contribution is -2.45. The Hall–Kier alpha value is -1.07. The number of benzene rings is 1. The highest BCUT2D eigenvalue weighted by Crippen LogP contribution is 2.31. The van der Waals surface area contributed by atoms with Crippen molar-refractivity contribution in [1.29, 1.82) is 0 Å². The zero-order valence-corrected chi connectivity index (χ0v) is 12.5. The number of likely N-dealkylation sites (N-methyl/N-ethyl adjacent to an activating group) is 2. The number of para-hydroxylation sites is 1. The summed E-state index contributed by atoms with van der Waals surface area (Å²) >= 11 is 6.17. The molecule has 0 bridgehead atoms. The second-order valence-corrected chi connectivity index (χ2v) is 5.65. The fourth-order valence-electron chi connectivity index (χ4n) is 2.72. The minimum atomic E-state index is 0.0289. The molecule has 0 radical (unpaired) electrons. The highest BCUT2D eigenvalue weighted by molar-refractivity contribution is 6.34. The van der Waals surface area contributed by atoms with Crippen molar-refractivity contribution in [2.75, 3.05) is 33.8 Å².